The summed E-state index contributed by atoms with van der Waals surface area (Å²) in [5, 5.41) is 28.6. The van der Waals surface area contributed by atoms with Gasteiger partial charge in [0.1, 0.15) is 0 Å². The molecule has 0 bridgehead atoms. The maximum absolute atomic E-state index is 11.3. The maximum atomic E-state index is 11.3. The van der Waals surface area contributed by atoms with E-state index in [2.05, 4.69) is 4.98 Å². The van der Waals surface area contributed by atoms with E-state index in [1.165, 1.54) is 18.2 Å². The van der Waals surface area contributed by atoms with Crippen LogP contribution in [0.1, 0.15) is 15.9 Å². The number of pyridine rings is 1. The van der Waals surface area contributed by atoms with E-state index in [-0.39, 0.29) is 17.1 Å². The van der Waals surface area contributed by atoms with Gasteiger partial charge in [0.2, 0.25) is 0 Å². The highest BCUT2D eigenvalue weighted by molar-refractivity contribution is 5.89. The predicted octanol–water partition coefficient (Wildman–Crippen LogP) is 3.53. The smallest absolute Gasteiger partial charge is 0.335 e. The molecule has 3 N–H and O–H groups in total. The summed E-state index contributed by atoms with van der Waals surface area (Å²) in [6.07, 6.45) is 3.39. The molecule has 3 aromatic rings. The number of aromatic carboxylic acids is 1. The molecule has 0 saturated heterocycles. The number of carbonyl (C=O) groups is 1. The summed E-state index contributed by atoms with van der Waals surface area (Å²) in [4.78, 5) is 17.2. The van der Waals surface area contributed by atoms with Gasteiger partial charge in [0.25, 0.3) is 0 Å². The molecule has 3 rings (SSSR count). The highest BCUT2D eigenvalue weighted by Gasteiger charge is 2.14. The first-order chi connectivity index (χ1) is 12.0. The maximum Gasteiger partial charge on any atom is 0.335 e. The van der Waals surface area contributed by atoms with Crippen LogP contribution in [-0.2, 0) is 6.54 Å². The number of phenols is 2. The normalized spacial score (nSPS) is 10.4. The Labute approximate surface area is 144 Å². The topological polar surface area (TPSA) is 93.9 Å². The number of phenolic OH excluding ortho intramolecular Hbond substituents is 2. The van der Waals surface area contributed by atoms with Gasteiger partial charge >= 0.3 is 5.97 Å². The summed E-state index contributed by atoms with van der Waals surface area (Å²) in [6, 6.07) is 14.7. The lowest BCUT2D eigenvalue weighted by Gasteiger charge is -2.25. The molecule has 0 radical (unpaired) electrons. The minimum absolute atomic E-state index is 0.164. The third kappa shape index (κ3) is 3.69. The van der Waals surface area contributed by atoms with Crippen molar-refractivity contribution in [3.63, 3.8) is 0 Å². The lowest BCUT2D eigenvalue weighted by atomic mass is 10.1. The Morgan fingerprint density at radius 2 is 1.76 bits per heavy atom. The molecule has 0 atom stereocenters. The zero-order chi connectivity index (χ0) is 17.8. The van der Waals surface area contributed by atoms with Crippen molar-refractivity contribution in [2.75, 3.05) is 4.90 Å². The Morgan fingerprint density at radius 1 is 0.960 bits per heavy atom. The molecule has 0 unspecified atom stereocenters. The molecule has 0 amide bonds. The Kier molecular flexibility index (Phi) is 4.52. The van der Waals surface area contributed by atoms with Crippen LogP contribution in [0.2, 0.25) is 0 Å². The number of nitrogens with zero attached hydrogens (tertiary/aromatic N) is 2. The summed E-state index contributed by atoms with van der Waals surface area (Å²) < 4.78 is 0. The van der Waals surface area contributed by atoms with Crippen molar-refractivity contribution in [3.05, 3.63) is 78.1 Å². The van der Waals surface area contributed by atoms with Crippen LogP contribution in [0.5, 0.6) is 11.5 Å². The molecular weight excluding hydrogens is 320 g/mol. The van der Waals surface area contributed by atoms with Gasteiger partial charge in [-0.15, -0.1) is 0 Å². The van der Waals surface area contributed by atoms with Gasteiger partial charge in [-0.3, -0.25) is 4.98 Å². The molecule has 126 valence electrons. The van der Waals surface area contributed by atoms with Gasteiger partial charge in [0.15, 0.2) is 11.5 Å². The van der Waals surface area contributed by atoms with Crippen molar-refractivity contribution in [2.24, 2.45) is 0 Å². The highest BCUT2D eigenvalue weighted by atomic mass is 16.4. The summed E-state index contributed by atoms with van der Waals surface area (Å²) in [7, 11) is 0. The van der Waals surface area contributed by atoms with Crippen molar-refractivity contribution in [2.45, 2.75) is 6.54 Å². The van der Waals surface area contributed by atoms with Crippen molar-refractivity contribution in [1.29, 1.82) is 0 Å². The van der Waals surface area contributed by atoms with Crippen LogP contribution in [0.15, 0.2) is 67.0 Å². The van der Waals surface area contributed by atoms with Crippen molar-refractivity contribution in [3.8, 4) is 11.5 Å². The van der Waals surface area contributed by atoms with E-state index in [0.29, 0.717) is 17.9 Å². The van der Waals surface area contributed by atoms with Gasteiger partial charge < -0.3 is 20.2 Å². The summed E-state index contributed by atoms with van der Waals surface area (Å²) >= 11 is 0. The SMILES string of the molecule is O=C(O)c1cccc(N(Cc2cccnc2)c2ccc(O)c(O)c2)c1. The van der Waals surface area contributed by atoms with Crippen LogP contribution in [0, 0.1) is 0 Å². The Morgan fingerprint density at radius 3 is 2.44 bits per heavy atom. The molecule has 25 heavy (non-hydrogen) atoms. The average molecular weight is 336 g/mol. The van der Waals surface area contributed by atoms with E-state index in [9.17, 15) is 20.1 Å². The fourth-order valence-corrected chi connectivity index (χ4v) is 2.49. The Bertz CT molecular complexity index is 897. The molecular formula is C19H16N2O4. The number of carboxylic acids is 1. The van der Waals surface area contributed by atoms with Crippen LogP contribution < -0.4 is 4.90 Å². The Balaban J connectivity index is 2.06. The lowest BCUT2D eigenvalue weighted by molar-refractivity contribution is 0.0697. The first kappa shape index (κ1) is 16.3. The van der Waals surface area contributed by atoms with E-state index in [1.54, 1.807) is 36.7 Å². The molecule has 0 aliphatic heterocycles. The van der Waals surface area contributed by atoms with Crippen LogP contribution in [0.4, 0.5) is 11.4 Å². The van der Waals surface area contributed by atoms with Gasteiger partial charge in [-0.25, -0.2) is 4.79 Å². The summed E-state index contributed by atoms with van der Waals surface area (Å²) in [5.41, 5.74) is 2.34. The van der Waals surface area contributed by atoms with E-state index >= 15 is 0 Å². The van der Waals surface area contributed by atoms with Gasteiger partial charge in [-0.05, 0) is 42.0 Å². The highest BCUT2D eigenvalue weighted by Crippen LogP contribution is 2.34. The van der Waals surface area contributed by atoms with Crippen LogP contribution in [0.25, 0.3) is 0 Å². The van der Waals surface area contributed by atoms with Gasteiger partial charge in [0.05, 0.1) is 5.56 Å². The first-order valence-corrected chi connectivity index (χ1v) is 7.56. The van der Waals surface area contributed by atoms with Crippen molar-refractivity contribution in [1.82, 2.24) is 4.98 Å². The third-order valence-corrected chi connectivity index (χ3v) is 3.74. The number of rotatable bonds is 5. The molecule has 0 saturated carbocycles. The quantitative estimate of drug-likeness (QED) is 0.617. The standard InChI is InChI=1S/C19H16N2O4/c22-17-7-6-16(10-18(17)23)21(12-13-3-2-8-20-11-13)15-5-1-4-14(9-15)19(24)25/h1-11,22-23H,12H2,(H,24,25). The lowest BCUT2D eigenvalue weighted by Crippen LogP contribution is -2.17. The zero-order valence-corrected chi connectivity index (χ0v) is 13.2. The van der Waals surface area contributed by atoms with Crippen LogP contribution in [0.3, 0.4) is 0 Å². The number of hydrogen-bond donors (Lipinski definition) is 3. The molecule has 6 nitrogen and oxygen atoms in total. The largest absolute Gasteiger partial charge is 0.504 e. The second kappa shape index (κ2) is 6.92. The van der Waals surface area contributed by atoms with Crippen molar-refractivity contribution < 1.29 is 20.1 Å². The Hall–Kier alpha value is -3.54. The second-order valence-corrected chi connectivity index (χ2v) is 5.48. The third-order valence-electron chi connectivity index (χ3n) is 3.74. The minimum atomic E-state index is -1.02. The summed E-state index contributed by atoms with van der Waals surface area (Å²) in [5.74, 6) is -1.48. The van der Waals surface area contributed by atoms with E-state index in [1.807, 2.05) is 17.0 Å². The fraction of sp³-hybridized carbons (Fsp3) is 0.0526. The molecule has 2 aromatic carbocycles. The fourth-order valence-electron chi connectivity index (χ4n) is 2.49. The molecule has 6 heteroatoms. The number of aromatic nitrogens is 1. The molecule has 1 aromatic heterocycles. The van der Waals surface area contributed by atoms with Crippen LogP contribution >= 0.6 is 0 Å². The monoisotopic (exact) mass is 336 g/mol. The molecule has 0 aliphatic carbocycles. The molecule has 1 heterocycles. The number of carboxylic acid groups (broad SMARTS) is 1. The molecule has 0 aliphatic rings. The molecule has 0 spiro atoms. The average Bonchev–Trinajstić information content (AvgIpc) is 2.63. The van der Waals surface area contributed by atoms with E-state index < -0.39 is 5.97 Å². The van der Waals surface area contributed by atoms with Gasteiger partial charge in [-0.1, -0.05) is 12.1 Å². The molecule has 0 fully saturated rings. The number of benzene rings is 2. The number of anilines is 2. The number of hydrogen-bond acceptors (Lipinski definition) is 5. The predicted molar refractivity (Wildman–Crippen MR) is 93.3 cm³/mol. The van der Waals surface area contributed by atoms with Gasteiger partial charge in [-0.2, -0.15) is 0 Å². The van der Waals surface area contributed by atoms with E-state index in [0.717, 1.165) is 5.56 Å². The van der Waals surface area contributed by atoms with E-state index in [4.69, 9.17) is 0 Å². The zero-order valence-electron chi connectivity index (χ0n) is 13.2. The number of aromatic hydroxyl groups is 2. The first-order valence-electron chi connectivity index (χ1n) is 7.56. The second-order valence-electron chi connectivity index (χ2n) is 5.48. The minimum Gasteiger partial charge on any atom is -0.504 e. The van der Waals surface area contributed by atoms with Crippen LogP contribution in [-0.4, -0.2) is 26.3 Å². The summed E-state index contributed by atoms with van der Waals surface area (Å²) in [6.45, 7) is 0.418. The van der Waals surface area contributed by atoms with Crippen molar-refractivity contribution >= 4 is 17.3 Å². The van der Waals surface area contributed by atoms with Gasteiger partial charge in [0, 0.05) is 36.4 Å².